The van der Waals surface area contributed by atoms with Crippen molar-refractivity contribution in [2.45, 2.75) is 0 Å². The van der Waals surface area contributed by atoms with Crippen LogP contribution in [0.1, 0.15) is 11.5 Å². The van der Waals surface area contributed by atoms with Gasteiger partial charge in [-0.15, -0.1) is 11.3 Å². The highest BCUT2D eigenvalue weighted by Crippen LogP contribution is 2.24. The van der Waals surface area contributed by atoms with Crippen molar-refractivity contribution < 1.29 is 9.45 Å². The number of thiophene rings is 1. The van der Waals surface area contributed by atoms with Gasteiger partial charge in [0, 0.05) is 12.1 Å². The molecule has 8 heteroatoms. The van der Waals surface area contributed by atoms with E-state index >= 15 is 0 Å². The minimum atomic E-state index is -0.495. The highest BCUT2D eigenvalue weighted by atomic mass is 32.1. The largest absolute Gasteiger partial charge is 0.333 e. The molecule has 0 saturated carbocycles. The van der Waals surface area contributed by atoms with Crippen molar-refractivity contribution in [3.05, 3.63) is 63.3 Å². The molecule has 0 spiro atoms. The maximum Gasteiger partial charge on any atom is 0.270 e. The number of allylic oxidation sites excluding steroid dienone is 1. The Morgan fingerprint density at radius 3 is 2.96 bits per heavy atom. The van der Waals surface area contributed by atoms with Crippen molar-refractivity contribution in [1.29, 1.82) is 5.26 Å². The average Bonchev–Trinajstić information content (AvgIpc) is 3.23. The van der Waals surface area contributed by atoms with Gasteiger partial charge in [0.2, 0.25) is 5.82 Å². The molecule has 3 rings (SSSR count). The zero-order valence-electron chi connectivity index (χ0n) is 11.5. The van der Waals surface area contributed by atoms with Gasteiger partial charge in [-0.3, -0.25) is 10.1 Å². The molecule has 0 saturated heterocycles. The number of nitro benzene ring substituents is 1. The molecule has 2 aromatic heterocycles. The fourth-order valence-electron chi connectivity index (χ4n) is 1.88. The van der Waals surface area contributed by atoms with E-state index in [1.165, 1.54) is 29.5 Å². The Balaban J connectivity index is 1.95. The second-order valence-electron chi connectivity index (χ2n) is 4.42. The lowest BCUT2D eigenvalue weighted by Gasteiger charge is -1.95. The van der Waals surface area contributed by atoms with Gasteiger partial charge in [-0.05, 0) is 23.1 Å². The van der Waals surface area contributed by atoms with Gasteiger partial charge >= 0.3 is 0 Å². The Bertz CT molecular complexity index is 922. The molecule has 2 heterocycles. The summed E-state index contributed by atoms with van der Waals surface area (Å²) in [5.74, 6) is 0.470. The number of nitrogens with zero attached hydrogens (tertiary/aromatic N) is 4. The van der Waals surface area contributed by atoms with Crippen LogP contribution in [0.4, 0.5) is 5.69 Å². The summed E-state index contributed by atoms with van der Waals surface area (Å²) in [5.41, 5.74) is 0.591. The topological polar surface area (TPSA) is 106 Å². The summed E-state index contributed by atoms with van der Waals surface area (Å²) in [6, 6.07) is 11.6. The zero-order valence-corrected chi connectivity index (χ0v) is 12.4. The molecule has 0 atom stereocenters. The fourth-order valence-corrected chi connectivity index (χ4v) is 2.52. The summed E-state index contributed by atoms with van der Waals surface area (Å²) in [5, 5.41) is 25.8. The quantitative estimate of drug-likeness (QED) is 0.411. The number of rotatable bonds is 4. The average molecular weight is 324 g/mol. The molecule has 0 aliphatic carbocycles. The van der Waals surface area contributed by atoms with Gasteiger partial charge in [0.05, 0.1) is 9.80 Å². The molecule has 112 valence electrons. The second kappa shape index (κ2) is 6.21. The monoisotopic (exact) mass is 324 g/mol. The number of aromatic nitrogens is 2. The molecule has 0 aliphatic heterocycles. The molecular formula is C15H8N4O3S. The van der Waals surface area contributed by atoms with Gasteiger partial charge in [0.15, 0.2) is 0 Å². The van der Waals surface area contributed by atoms with E-state index in [1.807, 2.05) is 23.6 Å². The first-order valence-corrected chi connectivity index (χ1v) is 7.29. The van der Waals surface area contributed by atoms with Gasteiger partial charge in [0.1, 0.15) is 11.6 Å². The lowest BCUT2D eigenvalue weighted by Crippen LogP contribution is -1.88. The number of hydrogen-bond acceptors (Lipinski definition) is 7. The number of nitriles is 1. The van der Waals surface area contributed by atoms with Crippen molar-refractivity contribution in [3.8, 4) is 16.8 Å². The van der Waals surface area contributed by atoms with Crippen molar-refractivity contribution in [2.75, 3.05) is 0 Å². The summed E-state index contributed by atoms with van der Waals surface area (Å²) in [6.07, 6.45) is 1.47. The SMILES string of the molecule is N#C/C(=C\c1cccc([N+](=O)[O-])c1)c1nc(-c2cccs2)no1. The lowest BCUT2D eigenvalue weighted by molar-refractivity contribution is -0.384. The van der Waals surface area contributed by atoms with Crippen LogP contribution >= 0.6 is 11.3 Å². The Hall–Kier alpha value is -3.31. The lowest BCUT2D eigenvalue weighted by atomic mass is 10.1. The molecule has 23 heavy (non-hydrogen) atoms. The molecular weight excluding hydrogens is 316 g/mol. The van der Waals surface area contributed by atoms with Crippen molar-refractivity contribution in [1.82, 2.24) is 10.1 Å². The first-order valence-electron chi connectivity index (χ1n) is 6.41. The summed E-state index contributed by atoms with van der Waals surface area (Å²) in [4.78, 5) is 15.3. The van der Waals surface area contributed by atoms with Crippen molar-refractivity contribution in [2.24, 2.45) is 0 Å². The number of hydrogen-bond donors (Lipinski definition) is 0. The van der Waals surface area contributed by atoms with E-state index in [1.54, 1.807) is 12.1 Å². The van der Waals surface area contributed by atoms with E-state index in [0.717, 1.165) is 4.88 Å². The third kappa shape index (κ3) is 3.14. The number of non-ortho nitro benzene ring substituents is 1. The van der Waals surface area contributed by atoms with E-state index in [0.29, 0.717) is 11.4 Å². The molecule has 0 N–H and O–H groups in total. The molecule has 7 nitrogen and oxygen atoms in total. The van der Waals surface area contributed by atoms with E-state index in [-0.39, 0.29) is 17.2 Å². The van der Waals surface area contributed by atoms with Gasteiger partial charge < -0.3 is 4.52 Å². The van der Waals surface area contributed by atoms with E-state index in [2.05, 4.69) is 10.1 Å². The van der Waals surface area contributed by atoms with E-state index in [9.17, 15) is 15.4 Å². The van der Waals surface area contributed by atoms with Gasteiger partial charge in [0.25, 0.3) is 11.6 Å². The van der Waals surface area contributed by atoms with Crippen molar-refractivity contribution in [3.63, 3.8) is 0 Å². The first-order chi connectivity index (χ1) is 11.2. The van der Waals surface area contributed by atoms with Crippen LogP contribution in [0.15, 0.2) is 46.3 Å². The maximum absolute atomic E-state index is 10.8. The molecule has 0 aliphatic rings. The van der Waals surface area contributed by atoms with Crippen LogP contribution in [-0.2, 0) is 0 Å². The minimum absolute atomic E-state index is 0.0548. The van der Waals surface area contributed by atoms with Crippen molar-refractivity contribution >= 4 is 28.7 Å². The Kier molecular flexibility index (Phi) is 3.95. The normalized spacial score (nSPS) is 11.2. The number of nitro groups is 1. The zero-order chi connectivity index (χ0) is 16.2. The molecule has 0 fully saturated rings. The van der Waals surface area contributed by atoms with Crippen LogP contribution in [0.5, 0.6) is 0 Å². The molecule has 0 unspecified atom stereocenters. The van der Waals surface area contributed by atoms with Crippen LogP contribution in [0.2, 0.25) is 0 Å². The molecule has 0 bridgehead atoms. The fraction of sp³-hybridized carbons (Fsp3) is 0. The summed E-state index contributed by atoms with van der Waals surface area (Å²) in [6.45, 7) is 0. The predicted octanol–water partition coefficient (Wildman–Crippen LogP) is 3.77. The van der Waals surface area contributed by atoms with Gasteiger partial charge in [-0.25, -0.2) is 0 Å². The predicted molar refractivity (Wildman–Crippen MR) is 84.2 cm³/mol. The summed E-state index contributed by atoms with van der Waals surface area (Å²) in [7, 11) is 0. The summed E-state index contributed by atoms with van der Waals surface area (Å²) >= 11 is 1.46. The standard InChI is InChI=1S/C15H8N4O3S/c16-9-11(7-10-3-1-4-12(8-10)19(20)21)15-17-14(18-22-15)13-5-2-6-23-13/h1-8H/b11-7+. The third-order valence-corrected chi connectivity index (χ3v) is 3.78. The van der Waals surface area contributed by atoms with Crippen LogP contribution in [0, 0.1) is 21.4 Å². The summed E-state index contributed by atoms with van der Waals surface area (Å²) < 4.78 is 5.11. The van der Waals surface area contributed by atoms with E-state index in [4.69, 9.17) is 4.52 Å². The third-order valence-electron chi connectivity index (χ3n) is 2.91. The van der Waals surface area contributed by atoms with Gasteiger partial charge in [-0.2, -0.15) is 10.2 Å². The molecule has 3 aromatic rings. The Morgan fingerprint density at radius 2 is 2.26 bits per heavy atom. The Morgan fingerprint density at radius 1 is 1.39 bits per heavy atom. The van der Waals surface area contributed by atoms with Gasteiger partial charge in [-0.1, -0.05) is 23.4 Å². The number of benzene rings is 1. The Labute approximate surface area is 134 Å². The second-order valence-corrected chi connectivity index (χ2v) is 5.37. The highest BCUT2D eigenvalue weighted by Gasteiger charge is 2.14. The van der Waals surface area contributed by atoms with Crippen LogP contribution < -0.4 is 0 Å². The van der Waals surface area contributed by atoms with Crippen LogP contribution in [0.3, 0.4) is 0 Å². The highest BCUT2D eigenvalue weighted by molar-refractivity contribution is 7.13. The first kappa shape index (κ1) is 14.6. The molecule has 1 aromatic carbocycles. The van der Waals surface area contributed by atoms with Crippen LogP contribution in [-0.4, -0.2) is 15.1 Å². The maximum atomic E-state index is 10.8. The molecule has 0 amide bonds. The minimum Gasteiger partial charge on any atom is -0.333 e. The van der Waals surface area contributed by atoms with E-state index < -0.39 is 4.92 Å². The smallest absolute Gasteiger partial charge is 0.270 e. The van der Waals surface area contributed by atoms with Crippen LogP contribution in [0.25, 0.3) is 22.4 Å². The molecule has 0 radical (unpaired) electrons.